The minimum Gasteiger partial charge on any atom is -0.504 e. The summed E-state index contributed by atoms with van der Waals surface area (Å²) in [6, 6.07) is 11.6. The molecule has 0 saturated carbocycles. The number of nitrogens with one attached hydrogen (secondary N) is 2. The number of phenolic OH excluding ortho intramolecular Hbond substituents is 1. The Hall–Kier alpha value is -3.56. The van der Waals surface area contributed by atoms with Crippen LogP contribution in [0.3, 0.4) is 0 Å². The Morgan fingerprint density at radius 3 is 2.37 bits per heavy atom. The van der Waals surface area contributed by atoms with E-state index in [1.165, 1.54) is 37.9 Å². The third-order valence-corrected chi connectivity index (χ3v) is 4.18. The van der Waals surface area contributed by atoms with Gasteiger partial charge in [-0.05, 0) is 42.8 Å². The van der Waals surface area contributed by atoms with Gasteiger partial charge in [0.25, 0.3) is 5.91 Å². The summed E-state index contributed by atoms with van der Waals surface area (Å²) in [5.41, 5.74) is 3.43. The monoisotopic (exact) mass is 416 g/mol. The highest BCUT2D eigenvalue weighted by Crippen LogP contribution is 2.33. The quantitative estimate of drug-likeness (QED) is 0.296. The highest BCUT2D eigenvalue weighted by molar-refractivity contribution is 5.86. The van der Waals surface area contributed by atoms with Crippen molar-refractivity contribution in [1.82, 2.24) is 5.48 Å². The van der Waals surface area contributed by atoms with Gasteiger partial charge in [-0.25, -0.2) is 10.3 Å². The largest absolute Gasteiger partial charge is 0.504 e. The zero-order chi connectivity index (χ0) is 22.1. The minimum atomic E-state index is -1.03. The Morgan fingerprint density at radius 1 is 1.10 bits per heavy atom. The van der Waals surface area contributed by atoms with Crippen molar-refractivity contribution in [3.8, 4) is 11.5 Å². The first-order valence-electron chi connectivity index (χ1n) is 8.94. The maximum Gasteiger partial charge on any atom is 0.412 e. The predicted octanol–water partition coefficient (Wildman–Crippen LogP) is 3.08. The zero-order valence-corrected chi connectivity index (χ0v) is 16.8. The molecule has 0 fully saturated rings. The van der Waals surface area contributed by atoms with E-state index in [-0.39, 0.29) is 11.5 Å². The number of methoxy groups -OCH3 is 2. The van der Waals surface area contributed by atoms with Gasteiger partial charge in [0.2, 0.25) is 0 Å². The molecule has 0 saturated heterocycles. The van der Waals surface area contributed by atoms with Crippen molar-refractivity contribution in [2.45, 2.75) is 19.1 Å². The summed E-state index contributed by atoms with van der Waals surface area (Å²) < 4.78 is 15.9. The zero-order valence-electron chi connectivity index (χ0n) is 16.8. The van der Waals surface area contributed by atoms with Gasteiger partial charge in [-0.3, -0.25) is 15.3 Å². The van der Waals surface area contributed by atoms with Crippen molar-refractivity contribution in [2.24, 2.45) is 0 Å². The molecule has 0 aliphatic rings. The van der Waals surface area contributed by atoms with Gasteiger partial charge in [0.15, 0.2) is 17.6 Å². The van der Waals surface area contributed by atoms with Crippen LogP contribution in [0.25, 0.3) is 0 Å². The smallest absolute Gasteiger partial charge is 0.412 e. The fourth-order valence-electron chi connectivity index (χ4n) is 2.63. The number of anilines is 1. The molecule has 2 atom stereocenters. The number of rotatable bonds is 8. The van der Waals surface area contributed by atoms with Crippen molar-refractivity contribution < 1.29 is 34.1 Å². The molecular weight excluding hydrogens is 392 g/mol. The number of ether oxygens (including phenoxy) is 3. The molecule has 0 spiro atoms. The van der Waals surface area contributed by atoms with E-state index in [4.69, 9.17) is 19.4 Å². The third-order valence-electron chi connectivity index (χ3n) is 4.18. The number of carbonyl (C=O) groups is 2. The molecule has 0 aromatic heterocycles. The maximum absolute atomic E-state index is 12.5. The Kier molecular flexibility index (Phi) is 8.21. The number of hydrogen-bond donors (Lipinski definition) is 4. The van der Waals surface area contributed by atoms with Crippen LogP contribution < -0.4 is 15.5 Å². The van der Waals surface area contributed by atoms with Crippen molar-refractivity contribution >= 4 is 17.7 Å². The Labute approximate surface area is 173 Å². The second-order valence-electron chi connectivity index (χ2n) is 6.28. The average molecular weight is 416 g/mol. The highest BCUT2D eigenvalue weighted by atomic mass is 16.6. The molecule has 2 aromatic carbocycles. The second-order valence-corrected chi connectivity index (χ2v) is 6.28. The molecule has 0 bridgehead atoms. The van der Waals surface area contributed by atoms with E-state index < -0.39 is 24.2 Å². The molecule has 0 heterocycles. The van der Waals surface area contributed by atoms with Crippen LogP contribution in [0.4, 0.5) is 10.5 Å². The lowest BCUT2D eigenvalue weighted by Crippen LogP contribution is -2.27. The number of aromatic hydroxyl groups is 1. The molecule has 9 heteroatoms. The molecule has 4 N–H and O–H groups in total. The lowest BCUT2D eigenvalue weighted by molar-refractivity contribution is -0.124. The Balaban J connectivity index is 2.30. The number of benzene rings is 2. The molecule has 2 rings (SSSR count). The normalized spacial score (nSPS) is 12.8. The number of amides is 2. The lowest BCUT2D eigenvalue weighted by atomic mass is 10.0. The Morgan fingerprint density at radius 2 is 1.80 bits per heavy atom. The minimum absolute atomic E-state index is 0.158. The molecule has 30 heavy (non-hydrogen) atoms. The van der Waals surface area contributed by atoms with Crippen LogP contribution in [-0.2, 0) is 14.3 Å². The molecule has 9 nitrogen and oxygen atoms in total. The summed E-state index contributed by atoms with van der Waals surface area (Å²) >= 11 is 0. The first kappa shape index (κ1) is 22.7. The lowest BCUT2D eigenvalue weighted by Gasteiger charge is -2.25. The van der Waals surface area contributed by atoms with Crippen LogP contribution in [0.1, 0.15) is 17.2 Å². The number of carbonyl (C=O) groups excluding carboxylic acids is 2. The van der Waals surface area contributed by atoms with Gasteiger partial charge in [0.1, 0.15) is 6.10 Å². The fourth-order valence-corrected chi connectivity index (χ4v) is 2.63. The van der Waals surface area contributed by atoms with E-state index in [0.29, 0.717) is 11.3 Å². The van der Waals surface area contributed by atoms with E-state index in [1.807, 2.05) is 19.1 Å². The van der Waals surface area contributed by atoms with Gasteiger partial charge in [0, 0.05) is 18.9 Å². The van der Waals surface area contributed by atoms with Crippen molar-refractivity contribution in [2.75, 3.05) is 19.5 Å². The third kappa shape index (κ3) is 6.23. The number of hydroxylamine groups is 1. The van der Waals surface area contributed by atoms with E-state index >= 15 is 0 Å². The SMILES string of the molecule is COc1ccc([C@@H](OC(=O)Nc2ccc(C)cc2)[C@@H](/C=C/C(=O)NO)OC)cc1O. The van der Waals surface area contributed by atoms with E-state index in [0.717, 1.165) is 11.6 Å². The van der Waals surface area contributed by atoms with Crippen LogP contribution >= 0.6 is 0 Å². The molecule has 2 aromatic rings. The van der Waals surface area contributed by atoms with Crippen LogP contribution in [-0.4, -0.2) is 42.6 Å². The molecule has 0 aliphatic carbocycles. The standard InChI is InChI=1S/C21H24N2O7/c1-13-4-7-15(8-5-13)22-21(26)30-20(18(29-3)10-11-19(25)23-27)14-6-9-17(28-2)16(24)12-14/h4-12,18,20,24,27H,1-3H3,(H,22,26)(H,23,25)/b11-10+/t18-,20-/m1/s1. The first-order chi connectivity index (χ1) is 14.4. The van der Waals surface area contributed by atoms with Crippen LogP contribution in [0.5, 0.6) is 11.5 Å². The second kappa shape index (κ2) is 10.8. The average Bonchev–Trinajstić information content (AvgIpc) is 2.74. The van der Waals surface area contributed by atoms with Crippen molar-refractivity contribution in [1.29, 1.82) is 0 Å². The highest BCUT2D eigenvalue weighted by Gasteiger charge is 2.27. The van der Waals surface area contributed by atoms with Gasteiger partial charge < -0.3 is 19.3 Å². The van der Waals surface area contributed by atoms with E-state index in [1.54, 1.807) is 18.2 Å². The molecule has 0 radical (unpaired) electrons. The van der Waals surface area contributed by atoms with Crippen molar-refractivity contribution in [3.63, 3.8) is 0 Å². The molecular formula is C21H24N2O7. The topological polar surface area (TPSA) is 126 Å². The summed E-state index contributed by atoms with van der Waals surface area (Å²) in [6.45, 7) is 1.92. The van der Waals surface area contributed by atoms with Gasteiger partial charge in [-0.2, -0.15) is 0 Å². The van der Waals surface area contributed by atoms with E-state index in [9.17, 15) is 14.7 Å². The summed E-state index contributed by atoms with van der Waals surface area (Å²) in [6.07, 6.45) is -0.345. The van der Waals surface area contributed by atoms with Crippen LogP contribution in [0.15, 0.2) is 54.6 Å². The number of phenols is 1. The van der Waals surface area contributed by atoms with Gasteiger partial charge >= 0.3 is 6.09 Å². The number of hydrogen-bond acceptors (Lipinski definition) is 7. The molecule has 0 aliphatic heterocycles. The summed E-state index contributed by atoms with van der Waals surface area (Å²) in [4.78, 5) is 23.8. The van der Waals surface area contributed by atoms with Gasteiger partial charge in [0.05, 0.1) is 7.11 Å². The summed E-state index contributed by atoms with van der Waals surface area (Å²) in [7, 11) is 2.77. The molecule has 2 amide bonds. The van der Waals surface area contributed by atoms with Crippen molar-refractivity contribution in [3.05, 3.63) is 65.7 Å². The molecule has 0 unspecified atom stereocenters. The van der Waals surface area contributed by atoms with Gasteiger partial charge in [-0.1, -0.05) is 23.8 Å². The maximum atomic E-state index is 12.5. The van der Waals surface area contributed by atoms with Crippen LogP contribution in [0, 0.1) is 6.92 Å². The van der Waals surface area contributed by atoms with Gasteiger partial charge in [-0.15, -0.1) is 0 Å². The summed E-state index contributed by atoms with van der Waals surface area (Å²) in [5, 5.41) is 21.4. The predicted molar refractivity (Wildman–Crippen MR) is 109 cm³/mol. The van der Waals surface area contributed by atoms with Crippen LogP contribution in [0.2, 0.25) is 0 Å². The van der Waals surface area contributed by atoms with E-state index in [2.05, 4.69) is 5.32 Å². The fraction of sp³-hybridized carbons (Fsp3) is 0.238. The summed E-state index contributed by atoms with van der Waals surface area (Å²) in [5.74, 6) is -0.697. The first-order valence-corrected chi connectivity index (χ1v) is 8.94. The molecule has 160 valence electrons. The number of aryl methyl sites for hydroxylation is 1. The Bertz CT molecular complexity index is 897.